The fourth-order valence-electron chi connectivity index (χ4n) is 2.12. The van der Waals surface area contributed by atoms with E-state index in [1.54, 1.807) is 7.11 Å². The number of Topliss-reactive ketones (excluding diaryl/α,β-unsaturated/α-hetero) is 1. The van der Waals surface area contributed by atoms with Crippen molar-refractivity contribution in [2.24, 2.45) is 5.41 Å². The van der Waals surface area contributed by atoms with Gasteiger partial charge in [-0.25, -0.2) is 0 Å². The van der Waals surface area contributed by atoms with Crippen LogP contribution in [-0.4, -0.2) is 33.4 Å². The summed E-state index contributed by atoms with van der Waals surface area (Å²) in [5, 5.41) is 9.42. The standard InChI is InChI=1S/C18H25N3O2S/c1-12(2)21-16(13-7-9-14(23-6)10-8-13)19-20-17(21)24-11-15(22)18(3,4)5/h7-10,12H,11H2,1-6H3. The van der Waals surface area contributed by atoms with E-state index in [1.165, 1.54) is 11.8 Å². The van der Waals surface area contributed by atoms with Crippen LogP contribution in [0.4, 0.5) is 0 Å². The molecule has 1 heterocycles. The third kappa shape index (κ3) is 4.17. The summed E-state index contributed by atoms with van der Waals surface area (Å²) in [6, 6.07) is 7.95. The van der Waals surface area contributed by atoms with Crippen molar-refractivity contribution in [1.29, 1.82) is 0 Å². The first-order valence-corrected chi connectivity index (χ1v) is 8.98. The maximum Gasteiger partial charge on any atom is 0.192 e. The first-order valence-electron chi connectivity index (χ1n) is 7.99. The second-order valence-corrected chi connectivity index (χ2v) is 7.90. The van der Waals surface area contributed by atoms with Crippen molar-refractivity contribution in [2.45, 2.75) is 45.8 Å². The number of thioether (sulfide) groups is 1. The first-order chi connectivity index (χ1) is 11.2. The predicted molar refractivity (Wildman–Crippen MR) is 97.6 cm³/mol. The van der Waals surface area contributed by atoms with E-state index < -0.39 is 0 Å². The highest BCUT2D eigenvalue weighted by Gasteiger charge is 2.23. The summed E-state index contributed by atoms with van der Waals surface area (Å²) in [5.74, 6) is 2.21. The molecule has 0 saturated carbocycles. The Morgan fingerprint density at radius 3 is 2.33 bits per heavy atom. The highest BCUT2D eigenvalue weighted by Crippen LogP contribution is 2.30. The molecule has 0 fully saturated rings. The number of benzene rings is 1. The summed E-state index contributed by atoms with van der Waals surface area (Å²) in [6.45, 7) is 9.99. The average Bonchev–Trinajstić information content (AvgIpc) is 2.95. The van der Waals surface area contributed by atoms with Crippen molar-refractivity contribution in [2.75, 3.05) is 12.9 Å². The summed E-state index contributed by atoms with van der Waals surface area (Å²) in [6.07, 6.45) is 0. The summed E-state index contributed by atoms with van der Waals surface area (Å²) < 4.78 is 7.27. The number of carbonyl (C=O) groups is 1. The third-order valence-corrected chi connectivity index (χ3v) is 4.64. The molecule has 0 bridgehead atoms. The van der Waals surface area contributed by atoms with E-state index in [2.05, 4.69) is 28.6 Å². The summed E-state index contributed by atoms with van der Waals surface area (Å²) in [5.41, 5.74) is 0.639. The lowest BCUT2D eigenvalue weighted by molar-refractivity contribution is -0.123. The SMILES string of the molecule is COc1ccc(-c2nnc(SCC(=O)C(C)(C)C)n2C(C)C)cc1. The lowest BCUT2D eigenvalue weighted by Gasteiger charge is -2.17. The van der Waals surface area contributed by atoms with E-state index in [1.807, 2.05) is 45.0 Å². The molecule has 1 aromatic heterocycles. The van der Waals surface area contributed by atoms with Gasteiger partial charge in [0.1, 0.15) is 11.5 Å². The molecule has 2 aromatic rings. The molecule has 0 amide bonds. The minimum Gasteiger partial charge on any atom is -0.497 e. The highest BCUT2D eigenvalue weighted by molar-refractivity contribution is 7.99. The number of ketones is 1. The highest BCUT2D eigenvalue weighted by atomic mass is 32.2. The van der Waals surface area contributed by atoms with Gasteiger partial charge >= 0.3 is 0 Å². The Morgan fingerprint density at radius 2 is 1.83 bits per heavy atom. The van der Waals surface area contributed by atoms with E-state index in [4.69, 9.17) is 4.74 Å². The molecule has 130 valence electrons. The molecule has 6 heteroatoms. The van der Waals surface area contributed by atoms with Crippen LogP contribution >= 0.6 is 11.8 Å². The van der Waals surface area contributed by atoms with Crippen molar-refractivity contribution in [3.8, 4) is 17.1 Å². The van der Waals surface area contributed by atoms with Gasteiger partial charge in [-0.1, -0.05) is 32.5 Å². The maximum absolute atomic E-state index is 12.2. The van der Waals surface area contributed by atoms with Crippen LogP contribution in [0.15, 0.2) is 29.4 Å². The van der Waals surface area contributed by atoms with Crippen LogP contribution < -0.4 is 4.74 Å². The molecule has 0 N–H and O–H groups in total. The number of nitrogens with zero attached hydrogens (tertiary/aromatic N) is 3. The zero-order chi connectivity index (χ0) is 17.9. The maximum atomic E-state index is 12.2. The van der Waals surface area contributed by atoms with Gasteiger partial charge in [0, 0.05) is 17.0 Å². The van der Waals surface area contributed by atoms with Crippen LogP contribution in [-0.2, 0) is 4.79 Å². The molecule has 2 rings (SSSR count). The molecule has 0 aliphatic heterocycles. The van der Waals surface area contributed by atoms with Gasteiger partial charge in [0.25, 0.3) is 0 Å². The van der Waals surface area contributed by atoms with Gasteiger partial charge in [-0.3, -0.25) is 9.36 Å². The number of ether oxygens (including phenoxy) is 1. The van der Waals surface area contributed by atoms with Gasteiger partial charge in [-0.05, 0) is 38.1 Å². The number of aromatic nitrogens is 3. The van der Waals surface area contributed by atoms with Crippen molar-refractivity contribution < 1.29 is 9.53 Å². The van der Waals surface area contributed by atoms with Crippen LogP contribution in [0.25, 0.3) is 11.4 Å². The number of hydrogen-bond donors (Lipinski definition) is 0. The van der Waals surface area contributed by atoms with Crippen molar-refractivity contribution in [3.05, 3.63) is 24.3 Å². The average molecular weight is 347 g/mol. The summed E-state index contributed by atoms with van der Waals surface area (Å²) in [4.78, 5) is 12.2. The monoisotopic (exact) mass is 347 g/mol. The lowest BCUT2D eigenvalue weighted by atomic mass is 9.92. The Morgan fingerprint density at radius 1 is 1.21 bits per heavy atom. The predicted octanol–water partition coefficient (Wildman–Crippen LogP) is 4.24. The molecule has 24 heavy (non-hydrogen) atoms. The van der Waals surface area contributed by atoms with Gasteiger partial charge in [-0.15, -0.1) is 10.2 Å². The van der Waals surface area contributed by atoms with Crippen molar-refractivity contribution in [1.82, 2.24) is 14.8 Å². The van der Waals surface area contributed by atoms with E-state index in [9.17, 15) is 4.79 Å². The molecule has 0 aliphatic carbocycles. The number of methoxy groups -OCH3 is 1. The number of rotatable bonds is 6. The number of hydrogen-bond acceptors (Lipinski definition) is 5. The Labute approximate surface area is 147 Å². The first kappa shape index (κ1) is 18.5. The Balaban J connectivity index is 2.28. The van der Waals surface area contributed by atoms with Crippen molar-refractivity contribution >= 4 is 17.5 Å². The van der Waals surface area contributed by atoms with E-state index in [0.717, 1.165) is 22.3 Å². The second-order valence-electron chi connectivity index (χ2n) is 6.96. The zero-order valence-electron chi connectivity index (χ0n) is 15.2. The Kier molecular flexibility index (Phi) is 5.70. The van der Waals surface area contributed by atoms with Crippen LogP contribution in [0.3, 0.4) is 0 Å². The smallest absolute Gasteiger partial charge is 0.192 e. The second kappa shape index (κ2) is 7.38. The van der Waals surface area contributed by atoms with Gasteiger partial charge in [-0.2, -0.15) is 0 Å². The Hall–Kier alpha value is -1.82. The van der Waals surface area contributed by atoms with Gasteiger partial charge in [0.2, 0.25) is 0 Å². The van der Waals surface area contributed by atoms with Crippen molar-refractivity contribution in [3.63, 3.8) is 0 Å². The van der Waals surface area contributed by atoms with E-state index in [-0.39, 0.29) is 17.2 Å². The van der Waals surface area contributed by atoms with Crippen LogP contribution in [0.1, 0.15) is 40.7 Å². The molecule has 0 atom stereocenters. The fourth-order valence-corrected chi connectivity index (χ4v) is 3.35. The fraction of sp³-hybridized carbons (Fsp3) is 0.500. The number of carbonyl (C=O) groups excluding carboxylic acids is 1. The minimum absolute atomic E-state index is 0.198. The lowest BCUT2D eigenvalue weighted by Crippen LogP contribution is -2.22. The van der Waals surface area contributed by atoms with Gasteiger partial charge in [0.05, 0.1) is 12.9 Å². The molecular weight excluding hydrogens is 322 g/mol. The molecule has 1 aromatic carbocycles. The summed E-state index contributed by atoms with van der Waals surface area (Å²) in [7, 11) is 1.65. The summed E-state index contributed by atoms with van der Waals surface area (Å²) >= 11 is 1.45. The largest absolute Gasteiger partial charge is 0.497 e. The molecule has 0 aliphatic rings. The zero-order valence-corrected chi connectivity index (χ0v) is 16.0. The molecule has 0 spiro atoms. The normalized spacial score (nSPS) is 11.8. The van der Waals surface area contributed by atoms with Crippen LogP contribution in [0.5, 0.6) is 5.75 Å². The van der Waals surface area contributed by atoms with E-state index >= 15 is 0 Å². The Bertz CT molecular complexity index is 700. The molecular formula is C18H25N3O2S. The molecule has 0 radical (unpaired) electrons. The van der Waals surface area contributed by atoms with Gasteiger partial charge < -0.3 is 4.74 Å². The van der Waals surface area contributed by atoms with E-state index in [0.29, 0.717) is 5.75 Å². The molecule has 0 unspecified atom stereocenters. The van der Waals surface area contributed by atoms with Crippen LogP contribution in [0.2, 0.25) is 0 Å². The van der Waals surface area contributed by atoms with Crippen LogP contribution in [0, 0.1) is 5.41 Å². The van der Waals surface area contributed by atoms with Gasteiger partial charge in [0.15, 0.2) is 11.0 Å². The topological polar surface area (TPSA) is 57.0 Å². The molecule has 5 nitrogen and oxygen atoms in total. The molecule has 0 saturated heterocycles. The minimum atomic E-state index is -0.339. The quantitative estimate of drug-likeness (QED) is 0.732. The third-order valence-electron chi connectivity index (χ3n) is 3.70.